The summed E-state index contributed by atoms with van der Waals surface area (Å²) >= 11 is 0. The zero-order chi connectivity index (χ0) is 15.0. The Morgan fingerprint density at radius 3 is 1.72 bits per heavy atom. The monoisotopic (exact) mass is 259 g/mol. The highest BCUT2D eigenvalue weighted by atomic mass is 16.7. The molecule has 0 heterocycles. The van der Waals surface area contributed by atoms with E-state index in [9.17, 15) is 4.79 Å². The van der Waals surface area contributed by atoms with Crippen molar-refractivity contribution in [1.29, 1.82) is 0 Å². The van der Waals surface area contributed by atoms with E-state index in [-0.39, 0.29) is 6.15 Å². The van der Waals surface area contributed by atoms with E-state index in [0.29, 0.717) is 0 Å². The predicted molar refractivity (Wildman–Crippen MR) is 64.8 cm³/mol. The summed E-state index contributed by atoms with van der Waals surface area (Å²) in [6, 6.07) is 0. The molecule has 0 aliphatic carbocycles. The largest absolute Gasteiger partial charge is 0.457 e. The van der Waals surface area contributed by atoms with Crippen LogP contribution in [0.1, 0.15) is 48.5 Å². The lowest BCUT2D eigenvalue weighted by Gasteiger charge is -2.26. The van der Waals surface area contributed by atoms with Gasteiger partial charge in [-0.1, -0.05) is 5.16 Å². The van der Waals surface area contributed by atoms with Gasteiger partial charge < -0.3 is 9.57 Å². The van der Waals surface area contributed by atoms with Gasteiger partial charge >= 0.3 is 12.1 Å². The number of ether oxygens (including phenoxy) is 1. The van der Waals surface area contributed by atoms with Crippen molar-refractivity contribution in [2.24, 2.45) is 5.16 Å². The highest BCUT2D eigenvalue weighted by Crippen LogP contribution is 2.17. The normalized spacial score (nSPS) is 10.4. The van der Waals surface area contributed by atoms with Gasteiger partial charge in [0, 0.05) is 0 Å². The van der Waals surface area contributed by atoms with E-state index in [0.717, 1.165) is 5.71 Å². The van der Waals surface area contributed by atoms with Gasteiger partial charge in [-0.2, -0.15) is 9.59 Å². The molecule has 104 valence electrons. The van der Waals surface area contributed by atoms with Gasteiger partial charge in [0.15, 0.2) is 0 Å². The van der Waals surface area contributed by atoms with E-state index in [1.165, 1.54) is 0 Å². The van der Waals surface area contributed by atoms with Crippen LogP contribution >= 0.6 is 0 Å². The smallest absolute Gasteiger partial charge is 0.373 e. The molecule has 0 rings (SSSR count). The zero-order valence-corrected chi connectivity index (χ0v) is 12.0. The summed E-state index contributed by atoms with van der Waals surface area (Å²) < 4.78 is 5.20. The standard InChI is InChI=1S/C11H21NO3.CO2/c1-8(2)12-15-11(6,7)9(13)14-10(3,4)5;2-1-3/h1-7H3;. The molecule has 0 bridgehead atoms. The van der Waals surface area contributed by atoms with Gasteiger partial charge in [-0.25, -0.2) is 4.79 Å². The molecule has 0 atom stereocenters. The van der Waals surface area contributed by atoms with Gasteiger partial charge in [0.05, 0.1) is 5.71 Å². The molecule has 6 nitrogen and oxygen atoms in total. The number of rotatable bonds is 3. The first-order chi connectivity index (χ1) is 7.96. The van der Waals surface area contributed by atoms with Crippen molar-refractivity contribution in [3.63, 3.8) is 0 Å². The Kier molecular flexibility index (Phi) is 7.90. The Balaban J connectivity index is 0. The number of carbonyl (C=O) groups is 1. The molecule has 6 heteroatoms. The minimum Gasteiger partial charge on any atom is -0.457 e. The van der Waals surface area contributed by atoms with Gasteiger partial charge in [0.25, 0.3) is 0 Å². The van der Waals surface area contributed by atoms with Crippen molar-refractivity contribution in [2.75, 3.05) is 0 Å². The van der Waals surface area contributed by atoms with Crippen molar-refractivity contribution >= 4 is 17.8 Å². The summed E-state index contributed by atoms with van der Waals surface area (Å²) in [5, 5.41) is 3.76. The Bertz CT molecular complexity index is 329. The quantitative estimate of drug-likeness (QED) is 0.439. The summed E-state index contributed by atoms with van der Waals surface area (Å²) in [4.78, 5) is 33.0. The lowest BCUT2D eigenvalue weighted by atomic mass is 10.1. The van der Waals surface area contributed by atoms with Crippen LogP contribution in [0.5, 0.6) is 0 Å². The summed E-state index contributed by atoms with van der Waals surface area (Å²) in [7, 11) is 0. The predicted octanol–water partition coefficient (Wildman–Crippen LogP) is 1.94. The molecule has 0 spiro atoms. The van der Waals surface area contributed by atoms with E-state index in [4.69, 9.17) is 19.2 Å². The van der Waals surface area contributed by atoms with E-state index < -0.39 is 17.2 Å². The number of carbonyl (C=O) groups excluding carboxylic acids is 3. The molecule has 0 aromatic heterocycles. The van der Waals surface area contributed by atoms with Crippen molar-refractivity contribution in [1.82, 2.24) is 0 Å². The third kappa shape index (κ3) is 10.8. The number of hydrogen-bond acceptors (Lipinski definition) is 6. The van der Waals surface area contributed by atoms with E-state index in [1.54, 1.807) is 27.7 Å². The summed E-state index contributed by atoms with van der Waals surface area (Å²) in [5.41, 5.74) is -0.806. The number of oxime groups is 1. The first kappa shape index (κ1) is 18.7. The molecule has 0 aromatic carbocycles. The molecule has 0 aliphatic rings. The van der Waals surface area contributed by atoms with E-state index in [2.05, 4.69) is 5.16 Å². The Morgan fingerprint density at radius 1 is 1.06 bits per heavy atom. The summed E-state index contributed by atoms with van der Waals surface area (Å²) in [6.07, 6.45) is 0.250. The van der Waals surface area contributed by atoms with Gasteiger partial charge in [-0.3, -0.25) is 0 Å². The van der Waals surface area contributed by atoms with Gasteiger partial charge in [-0.05, 0) is 48.5 Å². The van der Waals surface area contributed by atoms with Crippen LogP contribution in [-0.2, 0) is 24.0 Å². The maximum absolute atomic E-state index is 11.7. The molecule has 0 amide bonds. The summed E-state index contributed by atoms with van der Waals surface area (Å²) in [5.74, 6) is -0.417. The second-order valence-electron chi connectivity index (χ2n) is 5.23. The van der Waals surface area contributed by atoms with Crippen molar-refractivity contribution in [3.05, 3.63) is 0 Å². The number of esters is 1. The fourth-order valence-electron chi connectivity index (χ4n) is 0.644. The Hall–Kier alpha value is -1.68. The lowest BCUT2D eigenvalue weighted by Crippen LogP contribution is -2.40. The van der Waals surface area contributed by atoms with Crippen LogP contribution in [0.2, 0.25) is 0 Å². The summed E-state index contributed by atoms with van der Waals surface area (Å²) in [6.45, 7) is 12.3. The van der Waals surface area contributed by atoms with Crippen LogP contribution in [0.15, 0.2) is 5.16 Å². The fourth-order valence-corrected chi connectivity index (χ4v) is 0.644. The van der Waals surface area contributed by atoms with Crippen LogP contribution in [0.3, 0.4) is 0 Å². The molecule has 0 aliphatic heterocycles. The molecular formula is C12H21NO5. The van der Waals surface area contributed by atoms with Crippen LogP contribution in [0, 0.1) is 0 Å². The number of nitrogens with zero attached hydrogens (tertiary/aromatic N) is 1. The highest BCUT2D eigenvalue weighted by molar-refractivity contribution is 5.80. The minimum atomic E-state index is -1.05. The first-order valence-electron chi connectivity index (χ1n) is 5.38. The lowest BCUT2D eigenvalue weighted by molar-refractivity contribution is -0.191. The average molecular weight is 259 g/mol. The second-order valence-corrected chi connectivity index (χ2v) is 5.23. The van der Waals surface area contributed by atoms with Crippen LogP contribution < -0.4 is 0 Å². The molecule has 0 aromatic rings. The molecule has 0 saturated carbocycles. The molecule has 0 fully saturated rings. The van der Waals surface area contributed by atoms with Crippen LogP contribution in [-0.4, -0.2) is 29.0 Å². The second kappa shape index (κ2) is 7.61. The van der Waals surface area contributed by atoms with Crippen molar-refractivity contribution in [3.8, 4) is 0 Å². The van der Waals surface area contributed by atoms with Gasteiger partial charge in [0.1, 0.15) is 5.60 Å². The third-order valence-electron chi connectivity index (χ3n) is 1.35. The van der Waals surface area contributed by atoms with Crippen LogP contribution in [0.4, 0.5) is 0 Å². The molecule has 0 unspecified atom stereocenters. The Labute approximate surface area is 107 Å². The molecular weight excluding hydrogens is 238 g/mol. The molecule has 0 N–H and O–H groups in total. The third-order valence-corrected chi connectivity index (χ3v) is 1.35. The van der Waals surface area contributed by atoms with Gasteiger partial charge in [-0.15, -0.1) is 0 Å². The topological polar surface area (TPSA) is 82.0 Å². The maximum Gasteiger partial charge on any atom is 0.373 e. The zero-order valence-electron chi connectivity index (χ0n) is 12.0. The number of hydrogen-bond donors (Lipinski definition) is 0. The molecule has 18 heavy (non-hydrogen) atoms. The van der Waals surface area contributed by atoms with Gasteiger partial charge in [0.2, 0.25) is 5.60 Å². The minimum absolute atomic E-state index is 0.250. The average Bonchev–Trinajstić information content (AvgIpc) is 2.13. The van der Waals surface area contributed by atoms with Crippen molar-refractivity contribution in [2.45, 2.75) is 59.7 Å². The van der Waals surface area contributed by atoms with Crippen LogP contribution in [0.25, 0.3) is 0 Å². The fraction of sp³-hybridized carbons (Fsp3) is 0.750. The SMILES string of the molecule is CC(C)=NOC(C)(C)C(=O)OC(C)(C)C.O=C=O. The first-order valence-corrected chi connectivity index (χ1v) is 5.38. The van der Waals surface area contributed by atoms with E-state index in [1.807, 2.05) is 20.8 Å². The molecule has 0 radical (unpaired) electrons. The maximum atomic E-state index is 11.7. The highest BCUT2D eigenvalue weighted by Gasteiger charge is 2.35. The van der Waals surface area contributed by atoms with Crippen molar-refractivity contribution < 1.29 is 24.0 Å². The molecule has 0 saturated heterocycles. The van der Waals surface area contributed by atoms with E-state index >= 15 is 0 Å². The Morgan fingerprint density at radius 2 is 1.44 bits per heavy atom.